The van der Waals surface area contributed by atoms with Crippen molar-refractivity contribution in [2.24, 2.45) is 5.92 Å². The van der Waals surface area contributed by atoms with Gasteiger partial charge in [0.1, 0.15) is 5.54 Å². The molecule has 1 amide bonds. The van der Waals surface area contributed by atoms with E-state index in [1.807, 2.05) is 6.92 Å². The predicted molar refractivity (Wildman–Crippen MR) is 97.1 cm³/mol. The van der Waals surface area contributed by atoms with Crippen LogP contribution in [0.4, 0.5) is 0 Å². The number of aliphatic carboxylic acids is 1. The minimum Gasteiger partial charge on any atom is -0.480 e. The Kier molecular flexibility index (Phi) is 5.77. The molecule has 2 rings (SSSR count). The van der Waals surface area contributed by atoms with E-state index in [-0.39, 0.29) is 29.8 Å². The Morgan fingerprint density at radius 3 is 2.12 bits per heavy atom. The topological polar surface area (TPSA) is 95.0 Å². The molecule has 26 heavy (non-hydrogen) atoms. The summed E-state index contributed by atoms with van der Waals surface area (Å²) in [5.74, 6) is -1.71. The fourth-order valence-electron chi connectivity index (χ4n) is 2.90. The molecule has 0 bridgehead atoms. The Morgan fingerprint density at radius 1 is 1.15 bits per heavy atom. The first-order valence-electron chi connectivity index (χ1n) is 8.56. The second-order valence-corrected chi connectivity index (χ2v) is 9.19. The van der Waals surface area contributed by atoms with Crippen LogP contribution in [0.2, 0.25) is 0 Å². The first-order chi connectivity index (χ1) is 12.0. The predicted octanol–water partition coefficient (Wildman–Crippen LogP) is 1.72. The summed E-state index contributed by atoms with van der Waals surface area (Å²) in [6, 6.07) is 6.69. The highest BCUT2D eigenvalue weighted by molar-refractivity contribution is 7.89. The van der Waals surface area contributed by atoms with Gasteiger partial charge < -0.3 is 10.0 Å². The minimum atomic E-state index is -3.58. The fourth-order valence-corrected chi connectivity index (χ4v) is 4.36. The van der Waals surface area contributed by atoms with Gasteiger partial charge >= 0.3 is 5.97 Å². The molecule has 144 valence electrons. The standard InChI is InChI=1S/C18H26N2O5S/c1-13-5-7-15(8-6-13)26(24,25)20-11-9-14(10-12-20)16(21)19(4)18(2,3)17(22)23/h5-8,14H,9-12H2,1-4H3,(H,22,23). The average Bonchev–Trinajstić information content (AvgIpc) is 2.60. The quantitative estimate of drug-likeness (QED) is 0.837. The van der Waals surface area contributed by atoms with Gasteiger partial charge in [0.15, 0.2) is 0 Å². The van der Waals surface area contributed by atoms with E-state index in [1.165, 1.54) is 30.1 Å². The lowest BCUT2D eigenvalue weighted by Crippen LogP contribution is -2.54. The van der Waals surface area contributed by atoms with Gasteiger partial charge in [-0.05, 0) is 45.7 Å². The highest BCUT2D eigenvalue weighted by Gasteiger charge is 2.39. The van der Waals surface area contributed by atoms with Gasteiger partial charge in [-0.15, -0.1) is 0 Å². The second kappa shape index (κ2) is 7.36. The third kappa shape index (κ3) is 3.91. The van der Waals surface area contributed by atoms with Gasteiger partial charge in [0.2, 0.25) is 15.9 Å². The zero-order valence-electron chi connectivity index (χ0n) is 15.6. The van der Waals surface area contributed by atoms with Crippen LogP contribution in [0, 0.1) is 12.8 Å². The van der Waals surface area contributed by atoms with Crippen LogP contribution in [0.5, 0.6) is 0 Å². The number of piperidine rings is 1. The van der Waals surface area contributed by atoms with Gasteiger partial charge in [-0.3, -0.25) is 4.79 Å². The number of sulfonamides is 1. The number of carboxylic acid groups (broad SMARTS) is 1. The molecule has 1 N–H and O–H groups in total. The zero-order valence-corrected chi connectivity index (χ0v) is 16.4. The van der Waals surface area contributed by atoms with Crippen LogP contribution >= 0.6 is 0 Å². The van der Waals surface area contributed by atoms with Crippen molar-refractivity contribution >= 4 is 21.9 Å². The smallest absolute Gasteiger partial charge is 0.329 e. The van der Waals surface area contributed by atoms with Crippen LogP contribution in [0.25, 0.3) is 0 Å². The SMILES string of the molecule is Cc1ccc(S(=O)(=O)N2CCC(C(=O)N(C)C(C)(C)C(=O)O)CC2)cc1. The van der Waals surface area contributed by atoms with Crippen molar-refractivity contribution in [3.05, 3.63) is 29.8 Å². The Bertz CT molecular complexity index is 778. The summed E-state index contributed by atoms with van der Waals surface area (Å²) in [6.45, 7) is 5.33. The van der Waals surface area contributed by atoms with Crippen molar-refractivity contribution < 1.29 is 23.1 Å². The molecule has 0 unspecified atom stereocenters. The number of hydrogen-bond acceptors (Lipinski definition) is 4. The molecule has 1 heterocycles. The van der Waals surface area contributed by atoms with Crippen LogP contribution in [0.1, 0.15) is 32.3 Å². The molecule has 0 saturated carbocycles. The average molecular weight is 382 g/mol. The number of carboxylic acids is 1. The molecule has 1 fully saturated rings. The Labute approximate surface area is 154 Å². The summed E-state index contributed by atoms with van der Waals surface area (Å²) in [6.07, 6.45) is 0.758. The molecule has 1 aromatic rings. The Morgan fingerprint density at radius 2 is 1.65 bits per heavy atom. The van der Waals surface area contributed by atoms with E-state index in [2.05, 4.69) is 0 Å². The summed E-state index contributed by atoms with van der Waals surface area (Å²) in [7, 11) is -2.10. The lowest BCUT2D eigenvalue weighted by Gasteiger charge is -2.37. The summed E-state index contributed by atoms with van der Waals surface area (Å²) in [4.78, 5) is 25.4. The maximum Gasteiger partial charge on any atom is 0.329 e. The number of hydrogen-bond donors (Lipinski definition) is 1. The van der Waals surface area contributed by atoms with Crippen LogP contribution < -0.4 is 0 Å². The van der Waals surface area contributed by atoms with Gasteiger partial charge in [-0.2, -0.15) is 4.31 Å². The van der Waals surface area contributed by atoms with Crippen molar-refractivity contribution in [1.82, 2.24) is 9.21 Å². The van der Waals surface area contributed by atoms with Crippen LogP contribution in [0.15, 0.2) is 29.2 Å². The second-order valence-electron chi connectivity index (χ2n) is 7.25. The van der Waals surface area contributed by atoms with Gasteiger partial charge in [0.05, 0.1) is 4.90 Å². The van der Waals surface area contributed by atoms with Crippen LogP contribution in [-0.2, 0) is 19.6 Å². The molecule has 0 aromatic heterocycles. The van der Waals surface area contributed by atoms with Crippen molar-refractivity contribution in [1.29, 1.82) is 0 Å². The molecule has 7 nitrogen and oxygen atoms in total. The van der Waals surface area contributed by atoms with E-state index >= 15 is 0 Å². The van der Waals surface area contributed by atoms with Crippen molar-refractivity contribution in [2.45, 2.75) is 44.0 Å². The third-order valence-electron chi connectivity index (χ3n) is 5.15. The maximum absolute atomic E-state index is 12.7. The largest absolute Gasteiger partial charge is 0.480 e. The van der Waals surface area contributed by atoms with Gasteiger partial charge in [-0.1, -0.05) is 17.7 Å². The molecular formula is C18H26N2O5S. The number of carbonyl (C=O) groups is 2. The summed E-state index contributed by atoms with van der Waals surface area (Å²) in [5.41, 5.74) is -0.320. The van der Waals surface area contributed by atoms with Crippen molar-refractivity contribution in [3.63, 3.8) is 0 Å². The Hall–Kier alpha value is -1.93. The Balaban J connectivity index is 2.06. The number of nitrogens with zero attached hydrogens (tertiary/aromatic N) is 2. The van der Waals surface area contributed by atoms with Crippen LogP contribution in [0.3, 0.4) is 0 Å². The van der Waals surface area contributed by atoms with E-state index in [9.17, 15) is 23.1 Å². The fraction of sp³-hybridized carbons (Fsp3) is 0.556. The first kappa shape index (κ1) is 20.4. The van der Waals surface area contributed by atoms with E-state index in [0.29, 0.717) is 12.8 Å². The highest BCUT2D eigenvalue weighted by Crippen LogP contribution is 2.27. The third-order valence-corrected chi connectivity index (χ3v) is 7.07. The lowest BCUT2D eigenvalue weighted by molar-refractivity contribution is -0.157. The molecule has 1 aliphatic rings. The molecule has 1 aromatic carbocycles. The molecule has 1 aliphatic heterocycles. The minimum absolute atomic E-state index is 0.244. The molecule has 0 spiro atoms. The summed E-state index contributed by atoms with van der Waals surface area (Å²) >= 11 is 0. The van der Waals surface area contributed by atoms with E-state index in [1.54, 1.807) is 24.3 Å². The highest BCUT2D eigenvalue weighted by atomic mass is 32.2. The molecular weight excluding hydrogens is 356 g/mol. The monoisotopic (exact) mass is 382 g/mol. The molecule has 0 aliphatic carbocycles. The summed E-state index contributed by atoms with van der Waals surface area (Å²) in [5, 5.41) is 9.27. The maximum atomic E-state index is 12.7. The normalized spacial score (nSPS) is 17.1. The van der Waals surface area contributed by atoms with Gasteiger partial charge in [0, 0.05) is 26.1 Å². The first-order valence-corrected chi connectivity index (χ1v) is 10.00. The molecule has 8 heteroatoms. The number of rotatable bonds is 5. The van der Waals surface area contributed by atoms with Gasteiger partial charge in [0.25, 0.3) is 0 Å². The molecule has 1 saturated heterocycles. The molecule has 0 atom stereocenters. The van der Waals surface area contributed by atoms with E-state index in [0.717, 1.165) is 5.56 Å². The van der Waals surface area contributed by atoms with E-state index in [4.69, 9.17) is 0 Å². The zero-order chi connectivity index (χ0) is 19.7. The van der Waals surface area contributed by atoms with Crippen molar-refractivity contribution in [3.8, 4) is 0 Å². The number of aryl methyl sites for hydroxylation is 1. The molecule has 0 radical (unpaired) electrons. The summed E-state index contributed by atoms with van der Waals surface area (Å²) < 4.78 is 26.8. The number of benzene rings is 1. The number of likely N-dealkylation sites (N-methyl/N-ethyl adjacent to an activating group) is 1. The number of amides is 1. The lowest BCUT2D eigenvalue weighted by atomic mass is 9.94. The van der Waals surface area contributed by atoms with Gasteiger partial charge in [-0.25, -0.2) is 13.2 Å². The number of carbonyl (C=O) groups excluding carboxylic acids is 1. The van der Waals surface area contributed by atoms with Crippen molar-refractivity contribution in [2.75, 3.05) is 20.1 Å². The van der Waals surface area contributed by atoms with Crippen LogP contribution in [-0.4, -0.2) is 60.3 Å². The van der Waals surface area contributed by atoms with E-state index < -0.39 is 21.5 Å².